The van der Waals surface area contributed by atoms with Crippen molar-refractivity contribution in [1.82, 2.24) is 14.8 Å². The summed E-state index contributed by atoms with van der Waals surface area (Å²) in [6.45, 7) is -0.280. The maximum absolute atomic E-state index is 11.6. The number of hydrogen-bond acceptors (Lipinski definition) is 5. The van der Waals surface area contributed by atoms with Crippen LogP contribution in [-0.2, 0) is 22.6 Å². The third-order valence-corrected chi connectivity index (χ3v) is 3.04. The number of aromatic nitrogens is 3. The van der Waals surface area contributed by atoms with Gasteiger partial charge in [0.15, 0.2) is 0 Å². The summed E-state index contributed by atoms with van der Waals surface area (Å²) in [4.78, 5) is 25.9. The van der Waals surface area contributed by atoms with E-state index in [9.17, 15) is 9.59 Å². The molecule has 0 spiro atoms. The van der Waals surface area contributed by atoms with Crippen molar-refractivity contribution in [1.29, 1.82) is 0 Å². The number of hydrogen-bond donors (Lipinski definition) is 2. The third kappa shape index (κ3) is 4.18. The summed E-state index contributed by atoms with van der Waals surface area (Å²) in [5.74, 6) is -1.09. The van der Waals surface area contributed by atoms with Crippen molar-refractivity contribution in [3.63, 3.8) is 0 Å². The molecule has 0 aromatic carbocycles. The molecule has 0 radical (unpaired) electrons. The summed E-state index contributed by atoms with van der Waals surface area (Å²) in [6, 6.07) is 1.97. The molecule has 0 saturated heterocycles. The second-order valence-corrected chi connectivity index (χ2v) is 4.62. The van der Waals surface area contributed by atoms with Gasteiger partial charge in [0.25, 0.3) is 0 Å². The van der Waals surface area contributed by atoms with Gasteiger partial charge >= 0.3 is 5.97 Å². The van der Waals surface area contributed by atoms with Crippen LogP contribution in [0.5, 0.6) is 0 Å². The van der Waals surface area contributed by atoms with E-state index >= 15 is 0 Å². The molecule has 2 aromatic heterocycles. The molecule has 8 heteroatoms. The van der Waals surface area contributed by atoms with E-state index in [1.807, 2.05) is 16.8 Å². The summed E-state index contributed by atoms with van der Waals surface area (Å²) in [5, 5.41) is 18.9. The van der Waals surface area contributed by atoms with Crippen molar-refractivity contribution in [2.45, 2.75) is 19.4 Å². The molecule has 0 unspecified atom stereocenters. The number of amides is 1. The maximum Gasteiger partial charge on any atom is 0.325 e. The Kier molecular flexibility index (Phi) is 4.24. The summed E-state index contributed by atoms with van der Waals surface area (Å²) < 4.78 is 1.15. The van der Waals surface area contributed by atoms with Crippen LogP contribution < -0.4 is 5.32 Å². The van der Waals surface area contributed by atoms with Gasteiger partial charge in [0.05, 0.1) is 0 Å². The lowest BCUT2D eigenvalue weighted by Gasteiger charge is -1.99. The average molecular weight is 280 g/mol. The topological polar surface area (TPSA) is 97.1 Å². The first kappa shape index (κ1) is 13.2. The van der Waals surface area contributed by atoms with Gasteiger partial charge in [-0.2, -0.15) is 11.3 Å². The van der Waals surface area contributed by atoms with E-state index in [4.69, 9.17) is 5.11 Å². The van der Waals surface area contributed by atoms with E-state index < -0.39 is 5.97 Å². The van der Waals surface area contributed by atoms with Gasteiger partial charge in [-0.05, 0) is 28.8 Å². The number of rotatable bonds is 6. The quantitative estimate of drug-likeness (QED) is 0.822. The third-order valence-electron chi connectivity index (χ3n) is 2.31. The fourth-order valence-corrected chi connectivity index (χ4v) is 2.15. The molecule has 0 saturated carbocycles. The van der Waals surface area contributed by atoms with E-state index in [1.54, 1.807) is 11.3 Å². The predicted octanol–water partition coefficient (Wildman–Crippen LogP) is 0.995. The largest absolute Gasteiger partial charge is 0.480 e. The van der Waals surface area contributed by atoms with Crippen LogP contribution in [0.15, 0.2) is 23.2 Å². The second-order valence-electron chi connectivity index (χ2n) is 3.84. The molecular weight excluding hydrogens is 268 g/mol. The van der Waals surface area contributed by atoms with Crippen molar-refractivity contribution in [2.75, 3.05) is 5.32 Å². The standard InChI is InChI=1S/C11H12N4O3S/c16-9(2-1-8-3-4-19-6-8)13-11-12-7-15(14-11)5-10(17)18/h3-4,6-7H,1-2,5H2,(H,17,18)(H,13,14,16). The number of thiophene rings is 1. The van der Waals surface area contributed by atoms with Gasteiger partial charge in [0, 0.05) is 6.42 Å². The lowest BCUT2D eigenvalue weighted by molar-refractivity contribution is -0.137. The molecule has 7 nitrogen and oxygen atoms in total. The second kappa shape index (κ2) is 6.10. The smallest absolute Gasteiger partial charge is 0.325 e. The number of aryl methyl sites for hydroxylation is 1. The number of aliphatic carboxylic acids is 1. The Morgan fingerprint density at radius 1 is 1.47 bits per heavy atom. The first-order valence-corrected chi connectivity index (χ1v) is 6.50. The van der Waals surface area contributed by atoms with E-state index in [0.717, 1.165) is 10.2 Å². The summed E-state index contributed by atoms with van der Waals surface area (Å²) >= 11 is 1.59. The Morgan fingerprint density at radius 2 is 2.32 bits per heavy atom. The number of carboxylic acids is 1. The first-order valence-electron chi connectivity index (χ1n) is 5.55. The number of carboxylic acid groups (broad SMARTS) is 1. The van der Waals surface area contributed by atoms with Crippen molar-refractivity contribution >= 4 is 29.2 Å². The molecule has 1 amide bonds. The zero-order valence-corrected chi connectivity index (χ0v) is 10.8. The van der Waals surface area contributed by atoms with E-state index in [0.29, 0.717) is 12.8 Å². The molecule has 0 aliphatic carbocycles. The van der Waals surface area contributed by atoms with Gasteiger partial charge in [-0.25, -0.2) is 9.67 Å². The molecule has 2 heterocycles. The van der Waals surface area contributed by atoms with Gasteiger partial charge in [-0.15, -0.1) is 5.10 Å². The number of carbonyl (C=O) groups is 2. The lowest BCUT2D eigenvalue weighted by Crippen LogP contribution is -2.14. The SMILES string of the molecule is O=C(O)Cn1cnc(NC(=O)CCc2ccsc2)n1. The lowest BCUT2D eigenvalue weighted by atomic mass is 10.2. The predicted molar refractivity (Wildman–Crippen MR) is 68.9 cm³/mol. The number of anilines is 1. The number of nitrogens with zero attached hydrogens (tertiary/aromatic N) is 3. The van der Waals surface area contributed by atoms with Crippen molar-refractivity contribution in [3.8, 4) is 0 Å². The summed E-state index contributed by atoms with van der Waals surface area (Å²) in [7, 11) is 0. The minimum absolute atomic E-state index is 0.122. The normalized spacial score (nSPS) is 10.3. The van der Waals surface area contributed by atoms with Crippen molar-refractivity contribution in [2.24, 2.45) is 0 Å². The molecule has 2 N–H and O–H groups in total. The fourth-order valence-electron chi connectivity index (χ4n) is 1.45. The van der Waals surface area contributed by atoms with Gasteiger partial charge in [-0.1, -0.05) is 0 Å². The first-order chi connectivity index (χ1) is 9.13. The number of carbonyl (C=O) groups excluding carboxylic acids is 1. The molecule has 19 heavy (non-hydrogen) atoms. The zero-order valence-electron chi connectivity index (χ0n) is 9.94. The Hall–Kier alpha value is -2.22. The number of nitrogens with one attached hydrogen (secondary N) is 1. The van der Waals surface area contributed by atoms with Crippen LogP contribution in [0.25, 0.3) is 0 Å². The van der Waals surface area contributed by atoms with Crippen LogP contribution in [0.4, 0.5) is 5.95 Å². The highest BCUT2D eigenvalue weighted by atomic mass is 32.1. The van der Waals surface area contributed by atoms with Crippen LogP contribution in [0, 0.1) is 0 Å². The summed E-state index contributed by atoms with van der Waals surface area (Å²) in [6.07, 6.45) is 2.26. The van der Waals surface area contributed by atoms with Gasteiger partial charge < -0.3 is 5.11 Å². The molecule has 2 rings (SSSR count). The highest BCUT2D eigenvalue weighted by Crippen LogP contribution is 2.09. The Balaban J connectivity index is 1.81. The van der Waals surface area contributed by atoms with Crippen LogP contribution in [0.2, 0.25) is 0 Å². The molecular formula is C11H12N4O3S. The van der Waals surface area contributed by atoms with Crippen LogP contribution >= 0.6 is 11.3 Å². The highest BCUT2D eigenvalue weighted by molar-refractivity contribution is 7.07. The minimum Gasteiger partial charge on any atom is -0.480 e. The molecule has 0 aliphatic rings. The average Bonchev–Trinajstić information content (AvgIpc) is 2.97. The van der Waals surface area contributed by atoms with Gasteiger partial charge in [-0.3, -0.25) is 14.9 Å². The zero-order chi connectivity index (χ0) is 13.7. The summed E-state index contributed by atoms with van der Waals surface area (Å²) in [5.41, 5.74) is 1.12. The molecule has 100 valence electrons. The van der Waals surface area contributed by atoms with E-state index in [1.165, 1.54) is 6.33 Å². The van der Waals surface area contributed by atoms with Crippen LogP contribution in [-0.4, -0.2) is 31.7 Å². The van der Waals surface area contributed by atoms with E-state index in [-0.39, 0.29) is 18.4 Å². The molecule has 0 bridgehead atoms. The fraction of sp³-hybridized carbons (Fsp3) is 0.273. The molecule has 0 fully saturated rings. The Labute approximate surface area is 112 Å². The molecule has 0 aliphatic heterocycles. The molecule has 2 aromatic rings. The van der Waals surface area contributed by atoms with E-state index in [2.05, 4.69) is 15.4 Å². The molecule has 0 atom stereocenters. The van der Waals surface area contributed by atoms with Crippen LogP contribution in [0.3, 0.4) is 0 Å². The highest BCUT2D eigenvalue weighted by Gasteiger charge is 2.08. The van der Waals surface area contributed by atoms with Crippen molar-refractivity contribution in [3.05, 3.63) is 28.7 Å². The van der Waals surface area contributed by atoms with Crippen LogP contribution in [0.1, 0.15) is 12.0 Å². The maximum atomic E-state index is 11.6. The monoisotopic (exact) mass is 280 g/mol. The van der Waals surface area contributed by atoms with Gasteiger partial charge in [0.1, 0.15) is 12.9 Å². The van der Waals surface area contributed by atoms with Gasteiger partial charge in [0.2, 0.25) is 11.9 Å². The Morgan fingerprint density at radius 3 is 3.00 bits per heavy atom. The Bertz CT molecular complexity index is 564. The van der Waals surface area contributed by atoms with Crippen molar-refractivity contribution < 1.29 is 14.7 Å². The minimum atomic E-state index is -1.01.